The van der Waals surface area contributed by atoms with Crippen LogP contribution in [0.15, 0.2) is 53.6 Å². The van der Waals surface area contributed by atoms with E-state index in [1.807, 2.05) is 45.9 Å². The lowest BCUT2D eigenvalue weighted by Gasteiger charge is -2.43. The van der Waals surface area contributed by atoms with Gasteiger partial charge in [0.15, 0.2) is 0 Å². The summed E-state index contributed by atoms with van der Waals surface area (Å²) in [4.78, 5) is 27.6. The fourth-order valence-corrected chi connectivity index (χ4v) is 5.08. The fourth-order valence-electron chi connectivity index (χ4n) is 4.95. The Morgan fingerprint density at radius 1 is 1.13 bits per heavy atom. The summed E-state index contributed by atoms with van der Waals surface area (Å²) in [6.07, 6.45) is 2.95. The third kappa shape index (κ3) is 4.12. The van der Waals surface area contributed by atoms with Gasteiger partial charge in [0.05, 0.1) is 6.54 Å². The van der Waals surface area contributed by atoms with Crippen molar-refractivity contribution < 1.29 is 4.79 Å². The minimum atomic E-state index is -0.0649. The normalized spacial score (nSPS) is 20.9. The lowest BCUT2D eigenvalue weighted by Crippen LogP contribution is -2.49. The van der Waals surface area contributed by atoms with E-state index in [4.69, 9.17) is 11.6 Å². The molecule has 0 spiro atoms. The Labute approximate surface area is 184 Å². The van der Waals surface area contributed by atoms with Crippen molar-refractivity contribution >= 4 is 17.5 Å². The van der Waals surface area contributed by atoms with E-state index in [0.717, 1.165) is 17.7 Å². The SMILES string of the molecule is O=C(CC(Cn1cnnn1)c1ccc(Cl)cc1)N1C[C@H]2C[C@@H](C1)c1cccc(=O)n1C2. The molecule has 1 amide bonds. The van der Waals surface area contributed by atoms with E-state index in [0.29, 0.717) is 43.5 Å². The van der Waals surface area contributed by atoms with Crippen LogP contribution in [0.25, 0.3) is 0 Å². The molecule has 0 radical (unpaired) electrons. The van der Waals surface area contributed by atoms with Crippen molar-refractivity contribution in [2.24, 2.45) is 5.92 Å². The molecule has 8 nitrogen and oxygen atoms in total. The van der Waals surface area contributed by atoms with Crippen molar-refractivity contribution in [3.63, 3.8) is 0 Å². The van der Waals surface area contributed by atoms with E-state index < -0.39 is 0 Å². The first-order chi connectivity index (χ1) is 15.1. The second-order valence-electron chi connectivity index (χ2n) is 8.48. The van der Waals surface area contributed by atoms with Crippen molar-refractivity contribution in [3.05, 3.63) is 75.4 Å². The number of hydrogen-bond acceptors (Lipinski definition) is 5. The maximum Gasteiger partial charge on any atom is 0.250 e. The first kappa shape index (κ1) is 19.9. The lowest BCUT2D eigenvalue weighted by molar-refractivity contribution is -0.134. The predicted octanol–water partition coefficient (Wildman–Crippen LogP) is 2.31. The number of benzene rings is 1. The van der Waals surface area contributed by atoms with Crippen LogP contribution in [0, 0.1) is 5.92 Å². The molecule has 160 valence electrons. The highest BCUT2D eigenvalue weighted by molar-refractivity contribution is 6.30. The number of carbonyl (C=O) groups is 1. The third-order valence-corrected chi connectivity index (χ3v) is 6.65. The predicted molar refractivity (Wildman–Crippen MR) is 115 cm³/mol. The van der Waals surface area contributed by atoms with Gasteiger partial charge < -0.3 is 9.47 Å². The number of hydrogen-bond donors (Lipinski definition) is 0. The van der Waals surface area contributed by atoms with E-state index in [9.17, 15) is 9.59 Å². The van der Waals surface area contributed by atoms with Crippen LogP contribution in [0.2, 0.25) is 5.02 Å². The Balaban J connectivity index is 1.35. The summed E-state index contributed by atoms with van der Waals surface area (Å²) >= 11 is 6.06. The zero-order valence-electron chi connectivity index (χ0n) is 17.0. The number of halogens is 1. The molecule has 0 aliphatic carbocycles. The zero-order chi connectivity index (χ0) is 21.4. The molecule has 0 N–H and O–H groups in total. The van der Waals surface area contributed by atoms with Gasteiger partial charge in [-0.05, 0) is 46.5 Å². The molecule has 1 fully saturated rings. The molecule has 9 heteroatoms. The summed E-state index contributed by atoms with van der Waals surface area (Å²) in [5, 5.41) is 12.0. The first-order valence-corrected chi connectivity index (χ1v) is 10.9. The second-order valence-corrected chi connectivity index (χ2v) is 8.92. The second kappa shape index (κ2) is 8.26. The number of tetrazole rings is 1. The molecule has 5 rings (SSSR count). The highest BCUT2D eigenvalue weighted by Crippen LogP contribution is 2.36. The monoisotopic (exact) mass is 438 g/mol. The molecular formula is C22H23ClN6O2. The van der Waals surface area contributed by atoms with Gasteiger partial charge in [0, 0.05) is 54.7 Å². The molecule has 4 heterocycles. The van der Waals surface area contributed by atoms with E-state index in [1.165, 1.54) is 0 Å². The highest BCUT2D eigenvalue weighted by atomic mass is 35.5. The number of rotatable bonds is 5. The number of fused-ring (bicyclic) bond motifs is 4. The summed E-state index contributed by atoms with van der Waals surface area (Å²) in [7, 11) is 0. The van der Waals surface area contributed by atoms with Crippen LogP contribution in [0.4, 0.5) is 0 Å². The van der Waals surface area contributed by atoms with Crippen molar-refractivity contribution in [2.75, 3.05) is 13.1 Å². The lowest BCUT2D eigenvalue weighted by atomic mass is 9.82. The molecule has 1 aromatic carbocycles. The Hall–Kier alpha value is -3.00. The van der Waals surface area contributed by atoms with Gasteiger partial charge in [-0.2, -0.15) is 0 Å². The van der Waals surface area contributed by atoms with Gasteiger partial charge >= 0.3 is 0 Å². The molecule has 31 heavy (non-hydrogen) atoms. The van der Waals surface area contributed by atoms with Gasteiger partial charge in [0.25, 0.3) is 5.56 Å². The molecule has 2 aliphatic rings. The number of aromatic nitrogens is 5. The van der Waals surface area contributed by atoms with E-state index in [1.54, 1.807) is 17.1 Å². The van der Waals surface area contributed by atoms with Gasteiger partial charge in [-0.3, -0.25) is 9.59 Å². The van der Waals surface area contributed by atoms with Crippen molar-refractivity contribution in [1.82, 2.24) is 29.7 Å². The summed E-state index contributed by atoms with van der Waals surface area (Å²) < 4.78 is 3.54. The minimum Gasteiger partial charge on any atom is -0.342 e. The molecule has 3 atom stereocenters. The molecular weight excluding hydrogens is 416 g/mol. The van der Waals surface area contributed by atoms with Gasteiger partial charge in [0.2, 0.25) is 5.91 Å². The van der Waals surface area contributed by atoms with Crippen LogP contribution in [0.3, 0.4) is 0 Å². The van der Waals surface area contributed by atoms with Gasteiger partial charge in [0.1, 0.15) is 6.33 Å². The third-order valence-electron chi connectivity index (χ3n) is 6.39. The van der Waals surface area contributed by atoms with Crippen LogP contribution in [-0.4, -0.2) is 48.7 Å². The molecule has 1 unspecified atom stereocenters. The zero-order valence-corrected chi connectivity index (χ0v) is 17.7. The molecule has 2 aromatic heterocycles. The van der Waals surface area contributed by atoms with Gasteiger partial charge in [-0.1, -0.05) is 29.8 Å². The van der Waals surface area contributed by atoms with Crippen LogP contribution in [0.1, 0.15) is 35.9 Å². The first-order valence-electron chi connectivity index (χ1n) is 10.5. The summed E-state index contributed by atoms with van der Waals surface area (Å²) in [6, 6.07) is 13.0. The number of nitrogens with zero attached hydrogens (tertiary/aromatic N) is 6. The number of likely N-dealkylation sites (tertiary alicyclic amines) is 1. The van der Waals surface area contributed by atoms with Gasteiger partial charge in [-0.15, -0.1) is 5.10 Å². The highest BCUT2D eigenvalue weighted by Gasteiger charge is 2.36. The fraction of sp³-hybridized carbons (Fsp3) is 0.409. The molecule has 0 saturated carbocycles. The quantitative estimate of drug-likeness (QED) is 0.610. The number of amides is 1. The van der Waals surface area contributed by atoms with Gasteiger partial charge in [-0.25, -0.2) is 4.68 Å². The van der Waals surface area contributed by atoms with Crippen LogP contribution in [-0.2, 0) is 17.9 Å². The molecule has 2 bridgehead atoms. The number of pyridine rings is 1. The smallest absolute Gasteiger partial charge is 0.250 e. The topological polar surface area (TPSA) is 85.9 Å². The maximum absolute atomic E-state index is 13.4. The summed E-state index contributed by atoms with van der Waals surface area (Å²) in [6.45, 7) is 2.53. The van der Waals surface area contributed by atoms with E-state index >= 15 is 0 Å². The largest absolute Gasteiger partial charge is 0.342 e. The van der Waals surface area contributed by atoms with Crippen molar-refractivity contribution in [1.29, 1.82) is 0 Å². The molecule has 2 aliphatic heterocycles. The minimum absolute atomic E-state index is 0.0521. The Morgan fingerprint density at radius 3 is 2.74 bits per heavy atom. The van der Waals surface area contributed by atoms with E-state index in [2.05, 4.69) is 15.5 Å². The summed E-state index contributed by atoms with van der Waals surface area (Å²) in [5.41, 5.74) is 2.13. The molecule has 3 aromatic rings. The summed E-state index contributed by atoms with van der Waals surface area (Å²) in [5.74, 6) is 0.571. The van der Waals surface area contributed by atoms with Crippen LogP contribution < -0.4 is 5.56 Å². The Morgan fingerprint density at radius 2 is 1.97 bits per heavy atom. The maximum atomic E-state index is 13.4. The number of carbonyl (C=O) groups excluding carboxylic acids is 1. The van der Waals surface area contributed by atoms with Crippen molar-refractivity contribution in [2.45, 2.75) is 37.8 Å². The average Bonchev–Trinajstić information content (AvgIpc) is 3.28. The van der Waals surface area contributed by atoms with E-state index in [-0.39, 0.29) is 23.3 Å². The van der Waals surface area contributed by atoms with Crippen LogP contribution in [0.5, 0.6) is 0 Å². The average molecular weight is 439 g/mol. The Kier molecular flexibility index (Phi) is 5.31. The molecule has 1 saturated heterocycles. The standard InChI is InChI=1S/C22H23ClN6O2/c23-19-6-4-16(5-7-19)17(13-28-14-24-25-26-28)9-22(31)27-10-15-8-18(12-27)20-2-1-3-21(30)29(20)11-15/h1-7,14-15,17-18H,8-13H2/t15-,17?,18+/m1/s1. The van der Waals surface area contributed by atoms with Crippen molar-refractivity contribution in [3.8, 4) is 0 Å². The number of piperidine rings is 1. The van der Waals surface area contributed by atoms with Crippen LogP contribution >= 0.6 is 11.6 Å². The Bertz CT molecular complexity index is 1130.